The molecule has 0 saturated heterocycles. The number of nitrogens with zero attached hydrogens (tertiary/aromatic N) is 3. The van der Waals surface area contributed by atoms with Gasteiger partial charge in [-0.3, -0.25) is 9.97 Å². The van der Waals surface area contributed by atoms with E-state index in [1.807, 2.05) is 6.07 Å². The molecule has 2 rings (SSSR count). The second-order valence-corrected chi connectivity index (χ2v) is 2.73. The van der Waals surface area contributed by atoms with Crippen LogP contribution in [-0.4, -0.2) is 9.97 Å². The van der Waals surface area contributed by atoms with Crippen molar-refractivity contribution in [3.63, 3.8) is 0 Å². The van der Waals surface area contributed by atoms with Gasteiger partial charge in [0.05, 0.1) is 12.5 Å². The number of rotatable bonds is 1. The van der Waals surface area contributed by atoms with Crippen LogP contribution in [0.5, 0.6) is 0 Å². The molecule has 0 atom stereocenters. The van der Waals surface area contributed by atoms with Crippen molar-refractivity contribution in [1.82, 2.24) is 9.97 Å². The molecule has 0 unspecified atom stereocenters. The zero-order valence-electron chi connectivity index (χ0n) is 6.94. The van der Waals surface area contributed by atoms with Gasteiger partial charge in [0.25, 0.3) is 0 Å². The van der Waals surface area contributed by atoms with Gasteiger partial charge in [-0.1, -0.05) is 0 Å². The molecule has 0 aromatic carbocycles. The lowest BCUT2D eigenvalue weighted by Gasteiger charge is -1.99. The Balaban J connectivity index is 2.70. The van der Waals surface area contributed by atoms with Crippen molar-refractivity contribution in [2.45, 2.75) is 6.42 Å². The molecule has 3 nitrogen and oxygen atoms in total. The van der Waals surface area contributed by atoms with E-state index < -0.39 is 0 Å². The first-order valence-electron chi connectivity index (χ1n) is 3.95. The molecule has 0 amide bonds. The van der Waals surface area contributed by atoms with E-state index in [1.165, 1.54) is 0 Å². The van der Waals surface area contributed by atoms with Gasteiger partial charge in [-0.05, 0) is 11.6 Å². The van der Waals surface area contributed by atoms with Crippen molar-refractivity contribution in [2.75, 3.05) is 0 Å². The molecule has 0 N–H and O–H groups in total. The maximum absolute atomic E-state index is 8.58. The lowest BCUT2D eigenvalue weighted by Crippen LogP contribution is -1.87. The third-order valence-corrected chi connectivity index (χ3v) is 1.91. The lowest BCUT2D eigenvalue weighted by molar-refractivity contribution is 1.21. The molecule has 2 aromatic heterocycles. The normalized spacial score (nSPS) is 9.77. The molecule has 2 heterocycles. The van der Waals surface area contributed by atoms with Gasteiger partial charge in [0.15, 0.2) is 0 Å². The van der Waals surface area contributed by atoms with Crippen molar-refractivity contribution < 1.29 is 0 Å². The highest BCUT2D eigenvalue weighted by atomic mass is 14.6. The van der Waals surface area contributed by atoms with E-state index >= 15 is 0 Å². The van der Waals surface area contributed by atoms with Crippen LogP contribution in [0.2, 0.25) is 0 Å². The maximum Gasteiger partial charge on any atom is 0.0670 e. The summed E-state index contributed by atoms with van der Waals surface area (Å²) in [5, 5.41) is 10.6. The van der Waals surface area contributed by atoms with Crippen LogP contribution in [0.4, 0.5) is 0 Å². The second-order valence-electron chi connectivity index (χ2n) is 2.73. The molecule has 2 aromatic rings. The number of fused-ring (bicyclic) bond motifs is 1. The summed E-state index contributed by atoms with van der Waals surface area (Å²) in [6, 6.07) is 4.00. The number of pyridine rings is 2. The van der Waals surface area contributed by atoms with Gasteiger partial charge in [0, 0.05) is 35.6 Å². The Kier molecular flexibility index (Phi) is 1.89. The predicted octanol–water partition coefficient (Wildman–Crippen LogP) is 1.70. The third-order valence-electron chi connectivity index (χ3n) is 1.91. The molecule has 0 bridgehead atoms. The first-order chi connectivity index (χ1) is 6.42. The number of nitriles is 1. The molecule has 0 saturated carbocycles. The minimum absolute atomic E-state index is 0.385. The van der Waals surface area contributed by atoms with Gasteiger partial charge < -0.3 is 0 Å². The van der Waals surface area contributed by atoms with Crippen molar-refractivity contribution >= 4 is 10.8 Å². The van der Waals surface area contributed by atoms with Crippen LogP contribution in [0.15, 0.2) is 30.9 Å². The molecule has 0 aliphatic carbocycles. The Hall–Kier alpha value is -1.95. The first-order valence-corrected chi connectivity index (χ1v) is 3.95. The third kappa shape index (κ3) is 1.34. The molecule has 0 spiro atoms. The van der Waals surface area contributed by atoms with E-state index in [0.29, 0.717) is 6.42 Å². The summed E-state index contributed by atoms with van der Waals surface area (Å²) >= 11 is 0. The lowest BCUT2D eigenvalue weighted by atomic mass is 10.1. The zero-order valence-corrected chi connectivity index (χ0v) is 6.94. The van der Waals surface area contributed by atoms with Crippen LogP contribution in [-0.2, 0) is 6.42 Å². The van der Waals surface area contributed by atoms with E-state index in [9.17, 15) is 0 Å². The summed E-state index contributed by atoms with van der Waals surface area (Å²) in [6.45, 7) is 0. The molecule has 13 heavy (non-hydrogen) atoms. The molecule has 0 aliphatic heterocycles. The molecule has 0 radical (unpaired) electrons. The van der Waals surface area contributed by atoms with E-state index in [2.05, 4.69) is 16.0 Å². The van der Waals surface area contributed by atoms with Gasteiger partial charge in [-0.2, -0.15) is 5.26 Å². The maximum atomic E-state index is 8.58. The molecule has 0 aliphatic rings. The second kappa shape index (κ2) is 3.20. The van der Waals surface area contributed by atoms with Crippen molar-refractivity contribution in [1.29, 1.82) is 5.26 Å². The van der Waals surface area contributed by atoms with Crippen LogP contribution in [0.3, 0.4) is 0 Å². The fourth-order valence-corrected chi connectivity index (χ4v) is 1.29. The van der Waals surface area contributed by atoms with Gasteiger partial charge in [-0.15, -0.1) is 0 Å². The van der Waals surface area contributed by atoms with Crippen LogP contribution in [0.25, 0.3) is 10.8 Å². The Bertz CT molecular complexity index is 466. The van der Waals surface area contributed by atoms with Gasteiger partial charge in [0.2, 0.25) is 0 Å². The SMILES string of the molecule is N#CCc1cncc2ccncc12. The van der Waals surface area contributed by atoms with Gasteiger partial charge >= 0.3 is 0 Å². The molecule has 0 fully saturated rings. The van der Waals surface area contributed by atoms with Crippen LogP contribution >= 0.6 is 0 Å². The zero-order chi connectivity index (χ0) is 9.10. The van der Waals surface area contributed by atoms with E-state index in [1.54, 1.807) is 24.8 Å². The Morgan fingerprint density at radius 1 is 1.23 bits per heavy atom. The van der Waals surface area contributed by atoms with Gasteiger partial charge in [-0.25, -0.2) is 0 Å². The summed E-state index contributed by atoms with van der Waals surface area (Å²) < 4.78 is 0. The average molecular weight is 169 g/mol. The fourth-order valence-electron chi connectivity index (χ4n) is 1.29. The Morgan fingerprint density at radius 2 is 2.15 bits per heavy atom. The molecule has 62 valence electrons. The molecule has 3 heteroatoms. The topological polar surface area (TPSA) is 49.6 Å². The highest BCUT2D eigenvalue weighted by Gasteiger charge is 1.99. The summed E-state index contributed by atoms with van der Waals surface area (Å²) in [4.78, 5) is 8.07. The van der Waals surface area contributed by atoms with E-state index in [4.69, 9.17) is 5.26 Å². The van der Waals surface area contributed by atoms with E-state index in [0.717, 1.165) is 16.3 Å². The van der Waals surface area contributed by atoms with Crippen molar-refractivity contribution in [2.24, 2.45) is 0 Å². The first kappa shape index (κ1) is 7.69. The summed E-state index contributed by atoms with van der Waals surface area (Å²) in [5.41, 5.74) is 0.938. The fraction of sp³-hybridized carbons (Fsp3) is 0.100. The summed E-state index contributed by atoms with van der Waals surface area (Å²) in [7, 11) is 0. The molecular formula is C10H7N3. The van der Waals surface area contributed by atoms with Crippen molar-refractivity contribution in [3.8, 4) is 6.07 Å². The molecular weight excluding hydrogens is 162 g/mol. The quantitative estimate of drug-likeness (QED) is 0.652. The minimum atomic E-state index is 0.385. The number of hydrogen-bond acceptors (Lipinski definition) is 3. The van der Waals surface area contributed by atoms with E-state index in [-0.39, 0.29) is 0 Å². The monoisotopic (exact) mass is 169 g/mol. The minimum Gasteiger partial charge on any atom is -0.264 e. The smallest absolute Gasteiger partial charge is 0.0670 e. The van der Waals surface area contributed by atoms with Crippen LogP contribution in [0.1, 0.15) is 5.56 Å². The Labute approximate surface area is 75.7 Å². The van der Waals surface area contributed by atoms with Crippen LogP contribution < -0.4 is 0 Å². The largest absolute Gasteiger partial charge is 0.264 e. The van der Waals surface area contributed by atoms with Crippen molar-refractivity contribution in [3.05, 3.63) is 36.4 Å². The van der Waals surface area contributed by atoms with Gasteiger partial charge in [0.1, 0.15) is 0 Å². The predicted molar refractivity (Wildman–Crippen MR) is 48.9 cm³/mol. The summed E-state index contributed by atoms with van der Waals surface area (Å²) in [6.07, 6.45) is 7.37. The summed E-state index contributed by atoms with van der Waals surface area (Å²) in [5.74, 6) is 0. The highest BCUT2D eigenvalue weighted by molar-refractivity contribution is 5.83. The average Bonchev–Trinajstić information content (AvgIpc) is 2.19. The number of hydrogen-bond donors (Lipinski definition) is 0. The number of aromatic nitrogens is 2. The van der Waals surface area contributed by atoms with Crippen LogP contribution in [0, 0.1) is 11.3 Å². The highest BCUT2D eigenvalue weighted by Crippen LogP contribution is 2.15. The Morgan fingerprint density at radius 3 is 3.00 bits per heavy atom. The standard InChI is InChI=1S/C10H7N3/c11-3-1-8-5-13-6-9-2-4-12-7-10(8)9/h2,4-7H,1H2.